The van der Waals surface area contributed by atoms with Gasteiger partial charge in [0.15, 0.2) is 0 Å². The topological polar surface area (TPSA) is 20.3 Å². The number of hydrogen-bond donors (Lipinski definition) is 0. The van der Waals surface area contributed by atoms with Gasteiger partial charge in [0.2, 0.25) is 0 Å². The van der Waals surface area contributed by atoms with Gasteiger partial charge in [0, 0.05) is 18.4 Å². The number of carbonyl (C=O) groups excluding carboxylic acids is 1. The molecule has 1 saturated heterocycles. The number of hydrogen-bond acceptors (Lipinski definition) is 2. The van der Waals surface area contributed by atoms with Crippen molar-refractivity contribution in [2.24, 2.45) is 11.3 Å². The average Bonchev–Trinajstić information content (AvgIpc) is 2.51. The molecule has 0 bridgehead atoms. The number of Topliss-reactive ketones (excluding diaryl/α,β-unsaturated/α-hetero) is 1. The number of ketones is 1. The van der Waals surface area contributed by atoms with Crippen LogP contribution in [0.25, 0.3) is 0 Å². The predicted octanol–water partition coefficient (Wildman–Crippen LogP) is 3.89. The Morgan fingerprint density at radius 2 is 1.94 bits per heavy atom. The van der Waals surface area contributed by atoms with Crippen LogP contribution in [0.4, 0.5) is 0 Å². The SMILES string of the molecule is CCCC1CCCN(CCC(=O)C(C)(C)C)CC1. The Balaban J connectivity index is 2.29. The van der Waals surface area contributed by atoms with E-state index >= 15 is 0 Å². The van der Waals surface area contributed by atoms with Crippen LogP contribution in [0.5, 0.6) is 0 Å². The first-order valence-electron chi connectivity index (χ1n) is 7.69. The van der Waals surface area contributed by atoms with Gasteiger partial charge in [-0.3, -0.25) is 4.79 Å². The van der Waals surface area contributed by atoms with Gasteiger partial charge in [-0.25, -0.2) is 0 Å². The molecule has 1 rings (SSSR count). The third-order valence-corrected chi connectivity index (χ3v) is 4.13. The zero-order valence-corrected chi connectivity index (χ0v) is 12.8. The number of rotatable bonds is 5. The van der Waals surface area contributed by atoms with Crippen LogP contribution in [0.1, 0.15) is 66.2 Å². The van der Waals surface area contributed by atoms with Gasteiger partial charge in [0.05, 0.1) is 0 Å². The zero-order valence-electron chi connectivity index (χ0n) is 12.8. The fourth-order valence-corrected chi connectivity index (χ4v) is 2.78. The molecule has 1 aliphatic heterocycles. The van der Waals surface area contributed by atoms with Gasteiger partial charge in [-0.15, -0.1) is 0 Å². The van der Waals surface area contributed by atoms with Crippen molar-refractivity contribution in [2.45, 2.75) is 66.2 Å². The Kier molecular flexibility index (Phi) is 6.34. The van der Waals surface area contributed by atoms with Gasteiger partial charge >= 0.3 is 0 Å². The van der Waals surface area contributed by atoms with E-state index in [1.807, 2.05) is 20.8 Å². The standard InChI is InChI=1S/C16H31NO/c1-5-7-14-8-6-11-17(12-9-14)13-10-15(18)16(2,3)4/h14H,5-13H2,1-4H3. The molecule has 106 valence electrons. The number of carbonyl (C=O) groups is 1. The molecule has 0 spiro atoms. The summed E-state index contributed by atoms with van der Waals surface area (Å²) in [6, 6.07) is 0. The van der Waals surface area contributed by atoms with E-state index in [1.54, 1.807) is 0 Å². The highest BCUT2D eigenvalue weighted by Crippen LogP contribution is 2.22. The van der Waals surface area contributed by atoms with Crippen LogP contribution in [0.2, 0.25) is 0 Å². The summed E-state index contributed by atoms with van der Waals surface area (Å²) in [5.74, 6) is 1.33. The first kappa shape index (κ1) is 15.7. The summed E-state index contributed by atoms with van der Waals surface area (Å²) < 4.78 is 0. The summed E-state index contributed by atoms with van der Waals surface area (Å²) in [6.07, 6.45) is 7.45. The molecule has 1 atom stereocenters. The van der Waals surface area contributed by atoms with Gasteiger partial charge in [-0.1, -0.05) is 40.5 Å². The highest BCUT2D eigenvalue weighted by atomic mass is 16.1. The van der Waals surface area contributed by atoms with Gasteiger partial charge in [-0.2, -0.15) is 0 Å². The Bertz CT molecular complexity index is 254. The zero-order chi connectivity index (χ0) is 13.6. The van der Waals surface area contributed by atoms with E-state index in [0.29, 0.717) is 5.78 Å². The number of nitrogens with zero attached hydrogens (tertiary/aromatic N) is 1. The quantitative estimate of drug-likeness (QED) is 0.741. The van der Waals surface area contributed by atoms with Crippen LogP contribution in [0.3, 0.4) is 0 Å². The molecular formula is C16H31NO. The second-order valence-corrected chi connectivity index (χ2v) is 6.85. The maximum atomic E-state index is 11.9. The molecule has 1 aliphatic rings. The van der Waals surface area contributed by atoms with Crippen molar-refractivity contribution in [1.29, 1.82) is 0 Å². The lowest BCUT2D eigenvalue weighted by atomic mass is 9.89. The minimum Gasteiger partial charge on any atom is -0.303 e. The fourth-order valence-electron chi connectivity index (χ4n) is 2.78. The van der Waals surface area contributed by atoms with Crippen LogP contribution in [0.15, 0.2) is 0 Å². The van der Waals surface area contributed by atoms with Crippen molar-refractivity contribution in [3.05, 3.63) is 0 Å². The van der Waals surface area contributed by atoms with Crippen molar-refractivity contribution in [1.82, 2.24) is 4.90 Å². The Labute approximate surface area is 113 Å². The average molecular weight is 253 g/mol. The third-order valence-electron chi connectivity index (χ3n) is 4.13. The third kappa shape index (κ3) is 5.51. The predicted molar refractivity (Wildman–Crippen MR) is 77.8 cm³/mol. The smallest absolute Gasteiger partial charge is 0.139 e. The molecule has 0 aliphatic carbocycles. The summed E-state index contributed by atoms with van der Waals surface area (Å²) in [6.45, 7) is 11.7. The van der Waals surface area contributed by atoms with Gasteiger partial charge < -0.3 is 4.90 Å². The molecule has 1 unspecified atom stereocenters. The van der Waals surface area contributed by atoms with Crippen molar-refractivity contribution in [3.8, 4) is 0 Å². The van der Waals surface area contributed by atoms with Crippen LogP contribution in [-0.4, -0.2) is 30.3 Å². The van der Waals surface area contributed by atoms with Crippen molar-refractivity contribution in [3.63, 3.8) is 0 Å². The first-order chi connectivity index (χ1) is 8.43. The van der Waals surface area contributed by atoms with E-state index in [0.717, 1.165) is 18.9 Å². The largest absolute Gasteiger partial charge is 0.303 e. The molecule has 0 aromatic heterocycles. The van der Waals surface area contributed by atoms with Gasteiger partial charge in [0.25, 0.3) is 0 Å². The molecule has 0 N–H and O–H groups in total. The van der Waals surface area contributed by atoms with Crippen LogP contribution >= 0.6 is 0 Å². The maximum Gasteiger partial charge on any atom is 0.139 e. The summed E-state index contributed by atoms with van der Waals surface area (Å²) in [5, 5.41) is 0. The lowest BCUT2D eigenvalue weighted by molar-refractivity contribution is -0.126. The van der Waals surface area contributed by atoms with Crippen molar-refractivity contribution < 1.29 is 4.79 Å². The minimum atomic E-state index is -0.170. The van der Waals surface area contributed by atoms with Crippen molar-refractivity contribution >= 4 is 5.78 Å². The Hall–Kier alpha value is -0.370. The lowest BCUT2D eigenvalue weighted by Crippen LogP contribution is -2.30. The van der Waals surface area contributed by atoms with Crippen LogP contribution < -0.4 is 0 Å². The molecule has 1 heterocycles. The molecule has 1 fully saturated rings. The van der Waals surface area contributed by atoms with E-state index in [4.69, 9.17) is 0 Å². The van der Waals surface area contributed by atoms with E-state index < -0.39 is 0 Å². The minimum absolute atomic E-state index is 0.170. The van der Waals surface area contributed by atoms with E-state index in [-0.39, 0.29) is 5.41 Å². The molecule has 2 heteroatoms. The molecule has 0 aromatic carbocycles. The molecule has 0 saturated carbocycles. The molecule has 2 nitrogen and oxygen atoms in total. The highest BCUT2D eigenvalue weighted by molar-refractivity contribution is 5.83. The molecule has 0 radical (unpaired) electrons. The summed E-state index contributed by atoms with van der Waals surface area (Å²) in [5.41, 5.74) is -0.170. The second kappa shape index (κ2) is 7.28. The molecule has 0 amide bonds. The maximum absolute atomic E-state index is 11.9. The van der Waals surface area contributed by atoms with E-state index in [2.05, 4.69) is 11.8 Å². The van der Waals surface area contributed by atoms with E-state index in [1.165, 1.54) is 45.2 Å². The second-order valence-electron chi connectivity index (χ2n) is 6.85. The summed E-state index contributed by atoms with van der Waals surface area (Å²) >= 11 is 0. The fraction of sp³-hybridized carbons (Fsp3) is 0.938. The van der Waals surface area contributed by atoms with Gasteiger partial charge in [0.1, 0.15) is 5.78 Å². The Morgan fingerprint density at radius 1 is 1.22 bits per heavy atom. The monoisotopic (exact) mass is 253 g/mol. The van der Waals surface area contributed by atoms with E-state index in [9.17, 15) is 4.79 Å². The van der Waals surface area contributed by atoms with Crippen LogP contribution in [0, 0.1) is 11.3 Å². The highest BCUT2D eigenvalue weighted by Gasteiger charge is 2.22. The van der Waals surface area contributed by atoms with Crippen molar-refractivity contribution in [2.75, 3.05) is 19.6 Å². The normalized spacial score (nSPS) is 22.8. The lowest BCUT2D eigenvalue weighted by Gasteiger charge is -2.22. The molecule has 0 aromatic rings. The molecule has 18 heavy (non-hydrogen) atoms. The molecular weight excluding hydrogens is 222 g/mol. The first-order valence-corrected chi connectivity index (χ1v) is 7.69. The van der Waals surface area contributed by atoms with Gasteiger partial charge in [-0.05, 0) is 38.3 Å². The summed E-state index contributed by atoms with van der Waals surface area (Å²) in [4.78, 5) is 14.4. The Morgan fingerprint density at radius 3 is 2.56 bits per heavy atom. The van der Waals surface area contributed by atoms with Crippen LogP contribution in [-0.2, 0) is 4.79 Å². The number of likely N-dealkylation sites (tertiary alicyclic amines) is 1. The summed E-state index contributed by atoms with van der Waals surface area (Å²) in [7, 11) is 0.